The standard InChI is InChI=1S/C37H29N3O3/c41-35(39-37(18-19-37)32-16-14-28(15-17-32)36(42)43)33-22-30(27-11-5-2-6-12-27)21-31-23-38-40(34(31)33)24-25-8-7-13-29(20-25)26-9-3-1-4-10-26/h1-17,20-23H,18-19,24H2,(H,39,41)(H,42,43). The minimum atomic E-state index is -0.969. The zero-order chi connectivity index (χ0) is 29.4. The number of carbonyl (C=O) groups excluding carboxylic acids is 1. The lowest BCUT2D eigenvalue weighted by Crippen LogP contribution is -2.35. The summed E-state index contributed by atoms with van der Waals surface area (Å²) in [6, 6.07) is 39.5. The Kier molecular flexibility index (Phi) is 6.59. The summed E-state index contributed by atoms with van der Waals surface area (Å²) in [5.74, 6) is -1.15. The Balaban J connectivity index is 1.27. The van der Waals surface area contributed by atoms with Gasteiger partial charge in [-0.25, -0.2) is 4.79 Å². The van der Waals surface area contributed by atoms with Gasteiger partial charge in [-0.05, 0) is 76.6 Å². The second-order valence-electron chi connectivity index (χ2n) is 11.1. The number of aromatic carboxylic acids is 1. The van der Waals surface area contributed by atoms with Crippen molar-refractivity contribution in [3.05, 3.63) is 150 Å². The summed E-state index contributed by atoms with van der Waals surface area (Å²) in [5, 5.41) is 18.3. The van der Waals surface area contributed by atoms with E-state index in [0.717, 1.165) is 57.1 Å². The average Bonchev–Trinajstić information content (AvgIpc) is 3.73. The summed E-state index contributed by atoms with van der Waals surface area (Å²) in [7, 11) is 0. The molecule has 0 saturated heterocycles. The number of nitrogens with one attached hydrogen (secondary N) is 1. The van der Waals surface area contributed by atoms with E-state index in [1.807, 2.05) is 65.5 Å². The first kappa shape index (κ1) is 26.4. The molecule has 2 N–H and O–H groups in total. The predicted molar refractivity (Wildman–Crippen MR) is 168 cm³/mol. The maximum atomic E-state index is 14.1. The number of rotatable bonds is 8. The molecule has 6 nitrogen and oxygen atoms in total. The summed E-state index contributed by atoms with van der Waals surface area (Å²) >= 11 is 0. The van der Waals surface area contributed by atoms with E-state index in [1.165, 1.54) is 0 Å². The largest absolute Gasteiger partial charge is 0.478 e. The van der Waals surface area contributed by atoms with Gasteiger partial charge in [0.05, 0.1) is 34.9 Å². The van der Waals surface area contributed by atoms with Crippen LogP contribution in [0.4, 0.5) is 0 Å². The van der Waals surface area contributed by atoms with Crippen molar-refractivity contribution in [2.24, 2.45) is 0 Å². The molecule has 1 aliphatic rings. The average molecular weight is 564 g/mol. The van der Waals surface area contributed by atoms with Gasteiger partial charge in [0.15, 0.2) is 0 Å². The molecule has 6 aromatic rings. The van der Waals surface area contributed by atoms with Crippen molar-refractivity contribution in [2.75, 3.05) is 0 Å². The maximum absolute atomic E-state index is 14.1. The highest BCUT2D eigenvalue weighted by molar-refractivity contribution is 6.08. The van der Waals surface area contributed by atoms with Gasteiger partial charge in [0, 0.05) is 5.39 Å². The third-order valence-electron chi connectivity index (χ3n) is 8.24. The molecule has 7 rings (SSSR count). The van der Waals surface area contributed by atoms with Gasteiger partial charge in [-0.1, -0.05) is 91.0 Å². The quantitative estimate of drug-likeness (QED) is 0.200. The van der Waals surface area contributed by atoms with Gasteiger partial charge in [-0.3, -0.25) is 9.48 Å². The molecular formula is C37H29N3O3. The molecular weight excluding hydrogens is 534 g/mol. The third-order valence-corrected chi connectivity index (χ3v) is 8.24. The molecule has 1 aliphatic carbocycles. The zero-order valence-electron chi connectivity index (χ0n) is 23.4. The molecule has 0 atom stereocenters. The van der Waals surface area contributed by atoms with E-state index < -0.39 is 11.5 Å². The van der Waals surface area contributed by atoms with Crippen LogP contribution in [-0.4, -0.2) is 26.8 Å². The van der Waals surface area contributed by atoms with Crippen molar-refractivity contribution in [3.8, 4) is 22.3 Å². The number of carbonyl (C=O) groups is 2. The van der Waals surface area contributed by atoms with Crippen LogP contribution in [0, 0.1) is 0 Å². The van der Waals surface area contributed by atoms with Crippen LogP contribution >= 0.6 is 0 Å². The van der Waals surface area contributed by atoms with Crippen molar-refractivity contribution in [2.45, 2.75) is 24.9 Å². The summed E-state index contributed by atoms with van der Waals surface area (Å²) in [5.41, 5.74) is 7.28. The number of fused-ring (bicyclic) bond motifs is 1. The molecule has 0 radical (unpaired) electrons. The lowest BCUT2D eigenvalue weighted by Gasteiger charge is -2.19. The molecule has 43 heavy (non-hydrogen) atoms. The number of amides is 1. The molecule has 5 aromatic carbocycles. The molecule has 1 saturated carbocycles. The number of aromatic nitrogens is 2. The second kappa shape index (κ2) is 10.7. The predicted octanol–water partition coefficient (Wildman–Crippen LogP) is 7.54. The Morgan fingerprint density at radius 3 is 2.05 bits per heavy atom. The van der Waals surface area contributed by atoms with Gasteiger partial charge in [0.2, 0.25) is 0 Å². The van der Waals surface area contributed by atoms with E-state index in [-0.39, 0.29) is 11.5 Å². The summed E-state index contributed by atoms with van der Waals surface area (Å²) in [6.07, 6.45) is 3.41. The number of nitrogens with zero attached hydrogens (tertiary/aromatic N) is 2. The van der Waals surface area contributed by atoms with Crippen molar-refractivity contribution >= 4 is 22.8 Å². The Morgan fingerprint density at radius 1 is 0.744 bits per heavy atom. The highest BCUT2D eigenvalue weighted by atomic mass is 16.4. The van der Waals surface area contributed by atoms with Crippen LogP contribution in [0.5, 0.6) is 0 Å². The third kappa shape index (κ3) is 5.19. The number of benzene rings is 5. The summed E-state index contributed by atoms with van der Waals surface area (Å²) in [6.45, 7) is 0.511. The fraction of sp³-hybridized carbons (Fsp3) is 0.108. The van der Waals surface area contributed by atoms with Crippen molar-refractivity contribution < 1.29 is 14.7 Å². The summed E-state index contributed by atoms with van der Waals surface area (Å²) in [4.78, 5) is 25.5. The Hall–Kier alpha value is -5.49. The van der Waals surface area contributed by atoms with Crippen LogP contribution in [-0.2, 0) is 12.1 Å². The van der Waals surface area contributed by atoms with Crippen molar-refractivity contribution in [1.29, 1.82) is 0 Å². The highest BCUT2D eigenvalue weighted by Gasteiger charge is 2.46. The van der Waals surface area contributed by atoms with Gasteiger partial charge < -0.3 is 10.4 Å². The first-order chi connectivity index (χ1) is 21.0. The lowest BCUT2D eigenvalue weighted by molar-refractivity contribution is 0.0696. The first-order valence-electron chi connectivity index (χ1n) is 14.3. The first-order valence-corrected chi connectivity index (χ1v) is 14.3. The molecule has 1 fully saturated rings. The zero-order valence-corrected chi connectivity index (χ0v) is 23.4. The Labute approximate surface area is 249 Å². The topological polar surface area (TPSA) is 84.2 Å². The monoisotopic (exact) mass is 563 g/mol. The van der Waals surface area contributed by atoms with Gasteiger partial charge >= 0.3 is 5.97 Å². The van der Waals surface area contributed by atoms with E-state index >= 15 is 0 Å². The fourth-order valence-electron chi connectivity index (χ4n) is 5.80. The lowest BCUT2D eigenvalue weighted by atomic mass is 9.98. The van der Waals surface area contributed by atoms with Crippen molar-refractivity contribution in [3.63, 3.8) is 0 Å². The molecule has 0 bridgehead atoms. The fourth-order valence-corrected chi connectivity index (χ4v) is 5.80. The van der Waals surface area contributed by atoms with Crippen LogP contribution in [0.3, 0.4) is 0 Å². The minimum Gasteiger partial charge on any atom is -0.478 e. The van der Waals surface area contributed by atoms with Crippen LogP contribution in [0.2, 0.25) is 0 Å². The SMILES string of the molecule is O=C(O)c1ccc(C2(NC(=O)c3cc(-c4ccccc4)cc4cnn(Cc5cccc(-c6ccccc6)c5)c34)CC2)cc1. The molecule has 1 aromatic heterocycles. The van der Waals surface area contributed by atoms with Gasteiger partial charge in [0.1, 0.15) is 0 Å². The second-order valence-corrected chi connectivity index (χ2v) is 11.1. The van der Waals surface area contributed by atoms with E-state index in [0.29, 0.717) is 12.1 Å². The van der Waals surface area contributed by atoms with E-state index in [1.54, 1.807) is 24.3 Å². The van der Waals surface area contributed by atoms with Crippen LogP contribution in [0.15, 0.2) is 128 Å². The van der Waals surface area contributed by atoms with Crippen molar-refractivity contribution in [1.82, 2.24) is 15.1 Å². The van der Waals surface area contributed by atoms with E-state index in [2.05, 4.69) is 47.8 Å². The van der Waals surface area contributed by atoms with E-state index in [4.69, 9.17) is 5.10 Å². The molecule has 0 aliphatic heterocycles. The number of carboxylic acids is 1. The molecule has 0 unspecified atom stereocenters. The number of hydrogen-bond acceptors (Lipinski definition) is 3. The molecule has 210 valence electrons. The van der Waals surface area contributed by atoms with Crippen LogP contribution in [0.1, 0.15) is 44.7 Å². The maximum Gasteiger partial charge on any atom is 0.335 e. The smallest absolute Gasteiger partial charge is 0.335 e. The highest BCUT2D eigenvalue weighted by Crippen LogP contribution is 2.46. The molecule has 1 amide bonds. The van der Waals surface area contributed by atoms with Crippen LogP contribution in [0.25, 0.3) is 33.2 Å². The molecule has 1 heterocycles. The minimum absolute atomic E-state index is 0.178. The molecule has 0 spiro atoms. The normalized spacial score (nSPS) is 13.5. The number of hydrogen-bond donors (Lipinski definition) is 2. The van der Waals surface area contributed by atoms with Gasteiger partial charge in [-0.2, -0.15) is 5.10 Å². The van der Waals surface area contributed by atoms with Gasteiger partial charge in [0.25, 0.3) is 5.91 Å². The summed E-state index contributed by atoms with van der Waals surface area (Å²) < 4.78 is 1.91. The van der Waals surface area contributed by atoms with E-state index in [9.17, 15) is 14.7 Å². The molecule has 6 heteroatoms. The van der Waals surface area contributed by atoms with Gasteiger partial charge in [-0.15, -0.1) is 0 Å². The van der Waals surface area contributed by atoms with Crippen LogP contribution < -0.4 is 5.32 Å². The Bertz CT molecular complexity index is 1960. The number of carboxylic acid groups (broad SMARTS) is 1. The Morgan fingerprint density at radius 2 is 1.40 bits per heavy atom.